The Bertz CT molecular complexity index is 881. The monoisotopic (exact) mass is 552 g/mol. The molecule has 7 nitrogen and oxygen atoms in total. The van der Waals surface area contributed by atoms with Gasteiger partial charge in [-0.1, -0.05) is 12.1 Å². The first-order valence-electron chi connectivity index (χ1n) is 9.49. The van der Waals surface area contributed by atoms with E-state index in [0.29, 0.717) is 24.6 Å². The van der Waals surface area contributed by atoms with Crippen LogP contribution in [0.2, 0.25) is 0 Å². The van der Waals surface area contributed by atoms with Gasteiger partial charge in [0.15, 0.2) is 24.1 Å². The molecule has 0 fully saturated rings. The van der Waals surface area contributed by atoms with Gasteiger partial charge in [-0.3, -0.25) is 0 Å². The summed E-state index contributed by atoms with van der Waals surface area (Å²) in [5, 5.41) is 6.32. The largest absolute Gasteiger partial charge is 0.468 e. The van der Waals surface area contributed by atoms with Crippen molar-refractivity contribution in [2.45, 2.75) is 26.1 Å². The first-order chi connectivity index (χ1) is 14.4. The van der Waals surface area contributed by atoms with Crippen molar-refractivity contribution in [3.8, 4) is 17.4 Å². The Morgan fingerprint density at radius 1 is 1.19 bits per heavy atom. The third-order valence-corrected chi connectivity index (χ3v) is 4.12. The van der Waals surface area contributed by atoms with E-state index in [4.69, 9.17) is 14.2 Å². The second kappa shape index (κ2) is 11.8. The topological polar surface area (TPSA) is 77.0 Å². The van der Waals surface area contributed by atoms with Gasteiger partial charge in [-0.15, -0.1) is 24.0 Å². The van der Waals surface area contributed by atoms with Crippen molar-refractivity contribution in [1.82, 2.24) is 15.6 Å². The van der Waals surface area contributed by atoms with Crippen LogP contribution in [0.25, 0.3) is 0 Å². The predicted molar refractivity (Wildman–Crippen MR) is 120 cm³/mol. The Hall–Kier alpha value is -2.44. The lowest BCUT2D eigenvalue weighted by molar-refractivity contribution is -0.154. The third-order valence-electron chi connectivity index (χ3n) is 4.12. The number of nitrogens with one attached hydrogen (secondary N) is 2. The number of fused-ring (bicyclic) bond motifs is 1. The van der Waals surface area contributed by atoms with Crippen LogP contribution in [0.15, 0.2) is 41.5 Å². The van der Waals surface area contributed by atoms with E-state index in [2.05, 4.69) is 20.6 Å². The number of benzene rings is 1. The number of aromatic nitrogens is 1. The molecule has 31 heavy (non-hydrogen) atoms. The summed E-state index contributed by atoms with van der Waals surface area (Å²) in [6.07, 6.45) is -2.31. The van der Waals surface area contributed by atoms with Crippen LogP contribution in [0, 0.1) is 0 Å². The van der Waals surface area contributed by atoms with Gasteiger partial charge in [0.25, 0.3) is 0 Å². The van der Waals surface area contributed by atoms with E-state index in [1.54, 1.807) is 12.1 Å². The quantitative estimate of drug-likeness (QED) is 0.296. The van der Waals surface area contributed by atoms with E-state index in [-0.39, 0.29) is 43.2 Å². The highest BCUT2D eigenvalue weighted by atomic mass is 127. The molecule has 2 N–H and O–H groups in total. The van der Waals surface area contributed by atoms with E-state index < -0.39 is 12.8 Å². The average Bonchev–Trinajstić information content (AvgIpc) is 3.18. The van der Waals surface area contributed by atoms with E-state index in [9.17, 15) is 13.2 Å². The van der Waals surface area contributed by atoms with Gasteiger partial charge in [-0.2, -0.15) is 13.2 Å². The second-order valence-electron chi connectivity index (χ2n) is 6.43. The molecule has 1 aliphatic heterocycles. The average molecular weight is 552 g/mol. The smallest absolute Gasteiger partial charge is 0.422 e. The highest BCUT2D eigenvalue weighted by Crippen LogP contribution is 2.32. The van der Waals surface area contributed by atoms with Crippen molar-refractivity contribution in [3.05, 3.63) is 47.7 Å². The van der Waals surface area contributed by atoms with Crippen molar-refractivity contribution < 1.29 is 27.4 Å². The number of alkyl halides is 3. The SMILES string of the molecule is CCNC(=NCc1cccnc1OCC(F)(F)F)NCCc1ccc2c(c1)OCO2.I. The number of pyridine rings is 1. The maximum Gasteiger partial charge on any atom is 0.422 e. The first kappa shape index (κ1) is 24.8. The molecule has 2 aromatic rings. The Morgan fingerprint density at radius 3 is 2.77 bits per heavy atom. The second-order valence-corrected chi connectivity index (χ2v) is 6.43. The minimum absolute atomic E-state index is 0. The number of halogens is 4. The van der Waals surface area contributed by atoms with Gasteiger partial charge in [0.1, 0.15) is 0 Å². The third kappa shape index (κ3) is 7.96. The van der Waals surface area contributed by atoms with Crippen LogP contribution in [0.1, 0.15) is 18.1 Å². The summed E-state index contributed by atoms with van der Waals surface area (Å²) >= 11 is 0. The van der Waals surface area contributed by atoms with E-state index in [1.165, 1.54) is 6.20 Å². The molecular weight excluding hydrogens is 528 g/mol. The molecule has 0 radical (unpaired) electrons. The molecule has 0 unspecified atom stereocenters. The Balaban J connectivity index is 0.00000341. The molecule has 1 aromatic heterocycles. The molecule has 0 bridgehead atoms. The molecule has 11 heteroatoms. The van der Waals surface area contributed by atoms with Gasteiger partial charge in [0.2, 0.25) is 12.7 Å². The zero-order valence-corrected chi connectivity index (χ0v) is 19.2. The lowest BCUT2D eigenvalue weighted by Crippen LogP contribution is -2.38. The molecule has 0 aliphatic carbocycles. The lowest BCUT2D eigenvalue weighted by atomic mass is 10.1. The lowest BCUT2D eigenvalue weighted by Gasteiger charge is -2.13. The van der Waals surface area contributed by atoms with Crippen LogP contribution in [0.4, 0.5) is 13.2 Å². The van der Waals surface area contributed by atoms with Crippen molar-refractivity contribution in [2.24, 2.45) is 4.99 Å². The summed E-state index contributed by atoms with van der Waals surface area (Å²) in [5.41, 5.74) is 1.55. The molecule has 1 aliphatic rings. The maximum atomic E-state index is 12.4. The molecule has 0 amide bonds. The van der Waals surface area contributed by atoms with Crippen molar-refractivity contribution in [1.29, 1.82) is 0 Å². The number of ether oxygens (including phenoxy) is 3. The minimum atomic E-state index is -4.43. The molecule has 0 saturated heterocycles. The summed E-state index contributed by atoms with van der Waals surface area (Å²) in [7, 11) is 0. The number of guanidine groups is 1. The fraction of sp³-hybridized carbons (Fsp3) is 0.400. The summed E-state index contributed by atoms with van der Waals surface area (Å²) in [4.78, 5) is 8.31. The van der Waals surface area contributed by atoms with Crippen molar-refractivity contribution >= 4 is 29.9 Å². The fourth-order valence-corrected chi connectivity index (χ4v) is 2.75. The van der Waals surface area contributed by atoms with Crippen LogP contribution in [0.3, 0.4) is 0 Å². The molecule has 2 heterocycles. The predicted octanol–water partition coefficient (Wildman–Crippen LogP) is 3.67. The normalized spacial score (nSPS) is 12.8. The van der Waals surface area contributed by atoms with E-state index in [0.717, 1.165) is 23.5 Å². The van der Waals surface area contributed by atoms with Gasteiger partial charge in [0.05, 0.1) is 6.54 Å². The molecular formula is C20H24F3IN4O3. The summed E-state index contributed by atoms with van der Waals surface area (Å²) in [6, 6.07) is 9.05. The Kier molecular flexibility index (Phi) is 9.46. The highest BCUT2D eigenvalue weighted by Gasteiger charge is 2.29. The molecule has 0 spiro atoms. The van der Waals surface area contributed by atoms with Gasteiger partial charge in [-0.05, 0) is 37.1 Å². The van der Waals surface area contributed by atoms with Gasteiger partial charge >= 0.3 is 6.18 Å². The standard InChI is InChI=1S/C20H23F3N4O3.HI/c1-2-24-19(26-9-7-14-5-6-16-17(10-14)30-13-29-16)27-11-15-4-3-8-25-18(15)28-12-20(21,22)23;/h3-6,8,10H,2,7,9,11-13H2,1H3,(H2,24,26,27);1H. The number of hydrogen-bond acceptors (Lipinski definition) is 5. The first-order valence-corrected chi connectivity index (χ1v) is 9.49. The van der Waals surface area contributed by atoms with Crippen LogP contribution >= 0.6 is 24.0 Å². The zero-order chi connectivity index (χ0) is 21.4. The van der Waals surface area contributed by atoms with Crippen molar-refractivity contribution in [3.63, 3.8) is 0 Å². The zero-order valence-electron chi connectivity index (χ0n) is 16.9. The number of nitrogens with zero attached hydrogens (tertiary/aromatic N) is 2. The fourth-order valence-electron chi connectivity index (χ4n) is 2.75. The summed E-state index contributed by atoms with van der Waals surface area (Å²) < 4.78 is 52.8. The van der Waals surface area contributed by atoms with Gasteiger partial charge in [0, 0.05) is 24.8 Å². The molecule has 170 valence electrons. The van der Waals surface area contributed by atoms with Crippen molar-refractivity contribution in [2.75, 3.05) is 26.5 Å². The van der Waals surface area contributed by atoms with Crippen LogP contribution in [0.5, 0.6) is 17.4 Å². The molecule has 1 aromatic carbocycles. The van der Waals surface area contributed by atoms with E-state index >= 15 is 0 Å². The van der Waals surface area contributed by atoms with Gasteiger partial charge in [-0.25, -0.2) is 9.98 Å². The summed E-state index contributed by atoms with van der Waals surface area (Å²) in [5.74, 6) is 1.94. The molecule has 0 saturated carbocycles. The number of rotatable bonds is 8. The minimum Gasteiger partial charge on any atom is -0.468 e. The molecule has 0 atom stereocenters. The Morgan fingerprint density at radius 2 is 2.00 bits per heavy atom. The van der Waals surface area contributed by atoms with E-state index in [1.807, 2.05) is 25.1 Å². The van der Waals surface area contributed by atoms with Crippen LogP contribution in [-0.2, 0) is 13.0 Å². The molecule has 3 rings (SSSR count). The van der Waals surface area contributed by atoms with Crippen LogP contribution < -0.4 is 24.8 Å². The number of hydrogen-bond donors (Lipinski definition) is 2. The van der Waals surface area contributed by atoms with Crippen LogP contribution in [-0.4, -0.2) is 43.6 Å². The van der Waals surface area contributed by atoms with Gasteiger partial charge < -0.3 is 24.8 Å². The Labute approximate surface area is 195 Å². The number of aliphatic imine (C=N–C) groups is 1. The highest BCUT2D eigenvalue weighted by molar-refractivity contribution is 14.0. The summed E-state index contributed by atoms with van der Waals surface area (Å²) in [6.45, 7) is 2.14. The maximum absolute atomic E-state index is 12.4.